The van der Waals surface area contributed by atoms with Crippen molar-refractivity contribution in [3.8, 4) is 0 Å². The van der Waals surface area contributed by atoms with Crippen LogP contribution in [0.15, 0.2) is 6.20 Å². The molecular weight excluding hydrogens is 196 g/mol. The second-order valence-electron chi connectivity index (χ2n) is 1.95. The van der Waals surface area contributed by atoms with Gasteiger partial charge in [-0.15, -0.1) is 0 Å². The van der Waals surface area contributed by atoms with Gasteiger partial charge < -0.3 is 0 Å². The third kappa shape index (κ3) is 1.26. The first kappa shape index (κ1) is 7.47. The summed E-state index contributed by atoms with van der Waals surface area (Å²) >= 11 is 3.23. The first-order valence-electron chi connectivity index (χ1n) is 2.85. The lowest BCUT2D eigenvalue weighted by molar-refractivity contribution is 0.101. The highest BCUT2D eigenvalue weighted by molar-refractivity contribution is 9.08. The minimum atomic E-state index is 0.0446. The number of nitrogens with zero attached hydrogens (tertiary/aromatic N) is 1. The minimum absolute atomic E-state index is 0.0446. The van der Waals surface area contributed by atoms with Crippen LogP contribution in [-0.4, -0.2) is 16.0 Å². The van der Waals surface area contributed by atoms with Crippen molar-refractivity contribution in [1.82, 2.24) is 10.2 Å². The molecule has 0 aliphatic rings. The van der Waals surface area contributed by atoms with Crippen molar-refractivity contribution in [3.63, 3.8) is 0 Å². The largest absolute Gasteiger partial charge is 0.294 e. The molecule has 1 rings (SSSR count). The topological polar surface area (TPSA) is 45.8 Å². The molecule has 54 valence electrons. The van der Waals surface area contributed by atoms with E-state index in [0.29, 0.717) is 10.9 Å². The van der Waals surface area contributed by atoms with Crippen LogP contribution in [0.4, 0.5) is 0 Å². The maximum absolute atomic E-state index is 10.8. The molecule has 1 aromatic rings. The monoisotopic (exact) mass is 202 g/mol. The Bertz CT molecular complexity index is 244. The lowest BCUT2D eigenvalue weighted by Gasteiger charge is -1.90. The van der Waals surface area contributed by atoms with E-state index in [1.165, 1.54) is 6.92 Å². The molecule has 0 spiro atoms. The SMILES string of the molecule is CC(=O)c1cn[nH]c1CBr. The number of alkyl halides is 1. The van der Waals surface area contributed by atoms with E-state index < -0.39 is 0 Å². The third-order valence-corrected chi connectivity index (χ3v) is 1.79. The van der Waals surface area contributed by atoms with Crippen LogP contribution in [0, 0.1) is 0 Å². The molecule has 1 heterocycles. The Kier molecular flexibility index (Phi) is 2.21. The lowest BCUT2D eigenvalue weighted by Crippen LogP contribution is -1.93. The van der Waals surface area contributed by atoms with Crippen molar-refractivity contribution in [1.29, 1.82) is 0 Å². The first-order chi connectivity index (χ1) is 4.75. The molecule has 0 unspecified atom stereocenters. The van der Waals surface area contributed by atoms with Crippen LogP contribution >= 0.6 is 15.9 Å². The van der Waals surface area contributed by atoms with Crippen molar-refractivity contribution in [2.45, 2.75) is 12.3 Å². The standard InChI is InChI=1S/C6H7BrN2O/c1-4(10)5-3-8-9-6(5)2-7/h3H,2H2,1H3,(H,8,9). The normalized spacial score (nSPS) is 9.80. The third-order valence-electron chi connectivity index (χ3n) is 1.23. The van der Waals surface area contributed by atoms with Crippen molar-refractivity contribution >= 4 is 21.7 Å². The fourth-order valence-electron chi connectivity index (χ4n) is 0.718. The zero-order valence-electron chi connectivity index (χ0n) is 5.52. The molecule has 0 aromatic carbocycles. The molecule has 0 aliphatic carbocycles. The molecule has 0 fully saturated rings. The molecule has 4 heteroatoms. The fourth-order valence-corrected chi connectivity index (χ4v) is 1.15. The number of aromatic amines is 1. The van der Waals surface area contributed by atoms with Crippen molar-refractivity contribution in [3.05, 3.63) is 17.5 Å². The fraction of sp³-hybridized carbons (Fsp3) is 0.333. The summed E-state index contributed by atoms with van der Waals surface area (Å²) in [7, 11) is 0. The van der Waals surface area contributed by atoms with E-state index in [4.69, 9.17) is 0 Å². The van der Waals surface area contributed by atoms with Gasteiger partial charge >= 0.3 is 0 Å². The van der Waals surface area contributed by atoms with Gasteiger partial charge in [-0.3, -0.25) is 9.89 Å². The van der Waals surface area contributed by atoms with Gasteiger partial charge in [0.25, 0.3) is 0 Å². The summed E-state index contributed by atoms with van der Waals surface area (Å²) < 4.78 is 0. The predicted octanol–water partition coefficient (Wildman–Crippen LogP) is 1.51. The lowest BCUT2D eigenvalue weighted by atomic mass is 10.2. The maximum atomic E-state index is 10.8. The Morgan fingerprint density at radius 1 is 1.90 bits per heavy atom. The maximum Gasteiger partial charge on any atom is 0.163 e. The smallest absolute Gasteiger partial charge is 0.163 e. The zero-order chi connectivity index (χ0) is 7.56. The van der Waals surface area contributed by atoms with Gasteiger partial charge in [0.2, 0.25) is 0 Å². The Labute approximate surface area is 67.0 Å². The van der Waals surface area contributed by atoms with Gasteiger partial charge in [-0.05, 0) is 6.92 Å². The van der Waals surface area contributed by atoms with Gasteiger partial charge in [-0.1, -0.05) is 15.9 Å². The Balaban J connectivity index is 3.01. The summed E-state index contributed by atoms with van der Waals surface area (Å²) in [5.74, 6) is 0.0446. The number of hydrogen-bond donors (Lipinski definition) is 1. The van der Waals surface area contributed by atoms with Crippen molar-refractivity contribution in [2.75, 3.05) is 0 Å². The summed E-state index contributed by atoms with van der Waals surface area (Å²) in [4.78, 5) is 10.8. The van der Waals surface area contributed by atoms with Crippen LogP contribution in [0.25, 0.3) is 0 Å². The number of rotatable bonds is 2. The Morgan fingerprint density at radius 3 is 3.00 bits per heavy atom. The number of ketones is 1. The Morgan fingerprint density at radius 2 is 2.60 bits per heavy atom. The summed E-state index contributed by atoms with van der Waals surface area (Å²) in [6, 6.07) is 0. The van der Waals surface area contributed by atoms with Crippen LogP contribution in [0.1, 0.15) is 23.0 Å². The van der Waals surface area contributed by atoms with Gasteiger partial charge in [0.1, 0.15) is 0 Å². The number of Topliss-reactive ketones (excluding diaryl/α,β-unsaturated/α-hetero) is 1. The van der Waals surface area contributed by atoms with Crippen LogP contribution in [-0.2, 0) is 5.33 Å². The van der Waals surface area contributed by atoms with Gasteiger partial charge in [0.05, 0.1) is 17.5 Å². The molecule has 0 aliphatic heterocycles. The number of hydrogen-bond acceptors (Lipinski definition) is 2. The molecule has 0 saturated carbocycles. The molecule has 0 radical (unpaired) electrons. The van der Waals surface area contributed by atoms with E-state index in [1.807, 2.05) is 0 Å². The number of carbonyl (C=O) groups excluding carboxylic acids is 1. The van der Waals surface area contributed by atoms with Crippen LogP contribution in [0.2, 0.25) is 0 Å². The molecule has 0 bridgehead atoms. The average Bonchev–Trinajstić information content (AvgIpc) is 2.33. The highest BCUT2D eigenvalue weighted by Crippen LogP contribution is 2.08. The highest BCUT2D eigenvalue weighted by Gasteiger charge is 2.06. The minimum Gasteiger partial charge on any atom is -0.294 e. The van der Waals surface area contributed by atoms with E-state index in [0.717, 1.165) is 5.69 Å². The summed E-state index contributed by atoms with van der Waals surface area (Å²) in [6.45, 7) is 1.52. The van der Waals surface area contributed by atoms with E-state index in [9.17, 15) is 4.79 Å². The summed E-state index contributed by atoms with van der Waals surface area (Å²) in [5.41, 5.74) is 1.50. The summed E-state index contributed by atoms with van der Waals surface area (Å²) in [5, 5.41) is 7.10. The first-order valence-corrected chi connectivity index (χ1v) is 3.97. The van der Waals surface area contributed by atoms with Crippen molar-refractivity contribution < 1.29 is 4.79 Å². The molecule has 1 aromatic heterocycles. The molecule has 3 nitrogen and oxygen atoms in total. The van der Waals surface area contributed by atoms with Crippen LogP contribution in [0.3, 0.4) is 0 Å². The summed E-state index contributed by atoms with van der Waals surface area (Å²) in [6.07, 6.45) is 1.54. The van der Waals surface area contributed by atoms with Crippen LogP contribution in [0.5, 0.6) is 0 Å². The second-order valence-corrected chi connectivity index (χ2v) is 2.51. The van der Waals surface area contributed by atoms with E-state index in [-0.39, 0.29) is 5.78 Å². The highest BCUT2D eigenvalue weighted by atomic mass is 79.9. The van der Waals surface area contributed by atoms with Gasteiger partial charge in [0.15, 0.2) is 5.78 Å². The van der Waals surface area contributed by atoms with E-state index in [1.54, 1.807) is 6.20 Å². The molecule has 0 saturated heterocycles. The average molecular weight is 203 g/mol. The van der Waals surface area contributed by atoms with Crippen LogP contribution < -0.4 is 0 Å². The van der Waals surface area contributed by atoms with Gasteiger partial charge in [0, 0.05) is 5.33 Å². The number of nitrogens with one attached hydrogen (secondary N) is 1. The van der Waals surface area contributed by atoms with Crippen molar-refractivity contribution in [2.24, 2.45) is 0 Å². The predicted molar refractivity (Wildman–Crippen MR) is 41.2 cm³/mol. The Hall–Kier alpha value is -0.640. The molecule has 10 heavy (non-hydrogen) atoms. The molecular formula is C6H7BrN2O. The molecule has 0 amide bonds. The number of aromatic nitrogens is 2. The number of halogens is 1. The van der Waals surface area contributed by atoms with Gasteiger partial charge in [-0.2, -0.15) is 5.10 Å². The molecule has 1 N–H and O–H groups in total. The van der Waals surface area contributed by atoms with E-state index in [2.05, 4.69) is 26.1 Å². The zero-order valence-corrected chi connectivity index (χ0v) is 7.10. The number of H-pyrrole nitrogens is 1. The molecule has 0 atom stereocenters. The van der Waals surface area contributed by atoms with E-state index >= 15 is 0 Å². The van der Waals surface area contributed by atoms with Gasteiger partial charge in [-0.25, -0.2) is 0 Å². The quantitative estimate of drug-likeness (QED) is 0.584. The number of carbonyl (C=O) groups is 1. The second kappa shape index (κ2) is 2.96.